The number of morpholine rings is 1. The van der Waals surface area contributed by atoms with E-state index in [1.54, 1.807) is 6.20 Å². The molecule has 8 nitrogen and oxygen atoms in total. The summed E-state index contributed by atoms with van der Waals surface area (Å²) >= 11 is 0. The highest BCUT2D eigenvalue weighted by atomic mass is 16.5. The Kier molecular flexibility index (Phi) is 6.92. The van der Waals surface area contributed by atoms with Gasteiger partial charge in [-0.15, -0.1) is 0 Å². The molecule has 1 aromatic carbocycles. The molecule has 1 amide bonds. The van der Waals surface area contributed by atoms with E-state index in [4.69, 9.17) is 10.5 Å². The largest absolute Gasteiger partial charge is 0.393 e. The standard InChI is InChI=1S/C29H39N5O3/c30-27-26(28(36)32-24-5-7-25(35)8-6-24)15-21(17-31-27)20-1-3-22(4-2-20)29-16-23(29)18-34(19-29)10-9-33-11-13-37-14-12-33/h1-4,15,17,23-25,35H,5-14,16,18-19H2,(H2,30,31)(H,32,36)/t23-,24-,25-,29+/m0/s1. The lowest BCUT2D eigenvalue weighted by atomic mass is 9.92. The maximum atomic E-state index is 13.0. The summed E-state index contributed by atoms with van der Waals surface area (Å²) in [6.45, 7) is 8.45. The third-order valence-corrected chi connectivity index (χ3v) is 9.04. The van der Waals surface area contributed by atoms with Crippen LogP contribution in [0.3, 0.4) is 0 Å². The fourth-order valence-corrected chi connectivity index (χ4v) is 6.60. The Morgan fingerprint density at radius 2 is 1.81 bits per heavy atom. The summed E-state index contributed by atoms with van der Waals surface area (Å²) < 4.78 is 5.48. The molecule has 2 aromatic rings. The van der Waals surface area contributed by atoms with Crippen LogP contribution in [-0.2, 0) is 10.2 Å². The third kappa shape index (κ3) is 5.25. The minimum atomic E-state index is -0.251. The number of aromatic nitrogens is 1. The number of amides is 1. The van der Waals surface area contributed by atoms with Crippen molar-refractivity contribution in [2.45, 2.75) is 49.7 Å². The fraction of sp³-hybridized carbons (Fsp3) is 0.586. The van der Waals surface area contributed by atoms with Gasteiger partial charge in [-0.05, 0) is 55.2 Å². The number of nitrogens with two attached hydrogens (primary N) is 1. The molecular weight excluding hydrogens is 466 g/mol. The Morgan fingerprint density at radius 3 is 2.57 bits per heavy atom. The van der Waals surface area contributed by atoms with Crippen molar-refractivity contribution in [3.05, 3.63) is 47.7 Å². The van der Waals surface area contributed by atoms with Gasteiger partial charge < -0.3 is 25.8 Å². The average Bonchev–Trinajstić information content (AvgIpc) is 3.50. The average molecular weight is 506 g/mol. The second-order valence-corrected chi connectivity index (χ2v) is 11.5. The first-order valence-electron chi connectivity index (χ1n) is 13.9. The molecule has 37 heavy (non-hydrogen) atoms. The molecule has 0 bridgehead atoms. The number of hydrogen-bond donors (Lipinski definition) is 3. The van der Waals surface area contributed by atoms with Crippen LogP contribution in [0.25, 0.3) is 11.1 Å². The highest BCUT2D eigenvalue weighted by Gasteiger charge is 2.60. The number of benzene rings is 1. The number of carbonyl (C=O) groups excluding carboxylic acids is 1. The van der Waals surface area contributed by atoms with Gasteiger partial charge in [-0.25, -0.2) is 4.98 Å². The SMILES string of the molecule is Nc1ncc(-c2ccc([C@]34C[C@H]3CN(CCN3CCOCC3)C4)cc2)cc1C(=O)N[C@H]1CC[C@H](O)CC1. The van der Waals surface area contributed by atoms with Gasteiger partial charge in [-0.3, -0.25) is 9.69 Å². The number of pyridine rings is 1. The van der Waals surface area contributed by atoms with Gasteiger partial charge in [0.15, 0.2) is 0 Å². The van der Waals surface area contributed by atoms with Gasteiger partial charge in [0, 0.05) is 62.5 Å². The van der Waals surface area contributed by atoms with E-state index in [0.717, 1.165) is 88.7 Å². The molecule has 4 aliphatic rings. The molecule has 0 unspecified atom stereocenters. The third-order valence-electron chi connectivity index (χ3n) is 9.04. The number of nitrogens with zero attached hydrogens (tertiary/aromatic N) is 3. The highest BCUT2D eigenvalue weighted by Crippen LogP contribution is 2.59. The van der Waals surface area contributed by atoms with Gasteiger partial charge in [0.2, 0.25) is 0 Å². The van der Waals surface area contributed by atoms with Crippen molar-refractivity contribution >= 4 is 11.7 Å². The van der Waals surface area contributed by atoms with Crippen LogP contribution >= 0.6 is 0 Å². The van der Waals surface area contributed by atoms with Crippen molar-refractivity contribution in [3.63, 3.8) is 0 Å². The van der Waals surface area contributed by atoms with Crippen molar-refractivity contribution in [3.8, 4) is 11.1 Å². The zero-order valence-electron chi connectivity index (χ0n) is 21.6. The number of anilines is 1. The number of ether oxygens (including phenoxy) is 1. The maximum absolute atomic E-state index is 13.0. The Bertz CT molecular complexity index is 1110. The molecule has 2 saturated carbocycles. The van der Waals surface area contributed by atoms with Crippen LogP contribution < -0.4 is 11.1 Å². The number of likely N-dealkylation sites (tertiary alicyclic amines) is 1. The normalized spacial score (nSPS) is 30.1. The topological polar surface area (TPSA) is 104 Å². The number of nitrogen functional groups attached to an aromatic ring is 1. The number of nitrogens with one attached hydrogen (secondary N) is 1. The molecule has 6 rings (SSSR count). The Morgan fingerprint density at radius 1 is 1.08 bits per heavy atom. The summed E-state index contributed by atoms with van der Waals surface area (Å²) in [6, 6.07) is 10.8. The molecule has 2 atom stereocenters. The number of aliphatic hydroxyl groups excluding tert-OH is 1. The van der Waals surface area contributed by atoms with E-state index in [2.05, 4.69) is 44.4 Å². The molecule has 4 N–H and O–H groups in total. The number of hydrogen-bond acceptors (Lipinski definition) is 7. The lowest BCUT2D eigenvalue weighted by Gasteiger charge is -2.29. The zero-order valence-corrected chi connectivity index (χ0v) is 21.6. The number of fused-ring (bicyclic) bond motifs is 1. The minimum Gasteiger partial charge on any atom is -0.393 e. The molecule has 198 valence electrons. The molecule has 2 saturated heterocycles. The molecule has 0 spiro atoms. The summed E-state index contributed by atoms with van der Waals surface area (Å²) in [6.07, 6.45) is 5.80. The highest BCUT2D eigenvalue weighted by molar-refractivity contribution is 5.99. The van der Waals surface area contributed by atoms with Crippen molar-refractivity contribution < 1.29 is 14.6 Å². The molecule has 3 heterocycles. The zero-order chi connectivity index (χ0) is 25.4. The molecular formula is C29H39N5O3. The van der Waals surface area contributed by atoms with Crippen LogP contribution in [0.15, 0.2) is 36.5 Å². The molecule has 1 aromatic heterocycles. The number of aliphatic hydroxyl groups is 1. The lowest BCUT2D eigenvalue weighted by Crippen LogP contribution is -2.41. The van der Waals surface area contributed by atoms with E-state index in [-0.39, 0.29) is 23.9 Å². The van der Waals surface area contributed by atoms with Gasteiger partial charge in [0.1, 0.15) is 5.82 Å². The van der Waals surface area contributed by atoms with Gasteiger partial charge in [0.05, 0.1) is 24.9 Å². The van der Waals surface area contributed by atoms with E-state index < -0.39 is 0 Å². The van der Waals surface area contributed by atoms with Crippen LogP contribution in [0.1, 0.15) is 48.0 Å². The minimum absolute atomic E-state index is 0.0730. The van der Waals surface area contributed by atoms with Gasteiger partial charge in [-0.2, -0.15) is 0 Å². The van der Waals surface area contributed by atoms with E-state index in [1.165, 1.54) is 18.5 Å². The summed E-state index contributed by atoms with van der Waals surface area (Å²) in [5, 5.41) is 12.8. The van der Waals surface area contributed by atoms with Crippen molar-refractivity contribution in [1.29, 1.82) is 0 Å². The molecule has 8 heteroatoms. The van der Waals surface area contributed by atoms with E-state index in [1.807, 2.05) is 6.07 Å². The summed E-state index contributed by atoms with van der Waals surface area (Å²) in [7, 11) is 0. The van der Waals surface area contributed by atoms with E-state index in [0.29, 0.717) is 11.0 Å². The second kappa shape index (κ2) is 10.3. The van der Waals surface area contributed by atoms with E-state index in [9.17, 15) is 9.90 Å². The van der Waals surface area contributed by atoms with Gasteiger partial charge >= 0.3 is 0 Å². The van der Waals surface area contributed by atoms with Crippen molar-refractivity contribution in [1.82, 2.24) is 20.1 Å². The molecule has 2 aliphatic carbocycles. The first-order chi connectivity index (χ1) is 18.0. The van der Waals surface area contributed by atoms with Crippen molar-refractivity contribution in [2.24, 2.45) is 5.92 Å². The summed E-state index contributed by atoms with van der Waals surface area (Å²) in [5.41, 5.74) is 10.2. The lowest BCUT2D eigenvalue weighted by molar-refractivity contribution is 0.0338. The van der Waals surface area contributed by atoms with Crippen LogP contribution in [0.4, 0.5) is 5.82 Å². The molecule has 4 fully saturated rings. The molecule has 0 radical (unpaired) electrons. The maximum Gasteiger partial charge on any atom is 0.255 e. The fourth-order valence-electron chi connectivity index (χ4n) is 6.60. The number of piperidine rings is 1. The quantitative estimate of drug-likeness (QED) is 0.530. The smallest absolute Gasteiger partial charge is 0.255 e. The van der Waals surface area contributed by atoms with Crippen LogP contribution in [0.2, 0.25) is 0 Å². The van der Waals surface area contributed by atoms with Gasteiger partial charge in [-0.1, -0.05) is 24.3 Å². The first kappa shape index (κ1) is 24.8. The predicted molar refractivity (Wildman–Crippen MR) is 143 cm³/mol. The first-order valence-corrected chi connectivity index (χ1v) is 13.9. The number of rotatable bonds is 7. The summed E-state index contributed by atoms with van der Waals surface area (Å²) in [4.78, 5) is 22.4. The Labute approximate surface area is 219 Å². The number of carbonyl (C=O) groups is 1. The monoisotopic (exact) mass is 505 g/mol. The summed E-state index contributed by atoms with van der Waals surface area (Å²) in [5.74, 6) is 0.821. The Balaban J connectivity index is 1.09. The Hall–Kier alpha value is -2.52. The van der Waals surface area contributed by atoms with Crippen LogP contribution in [0, 0.1) is 5.92 Å². The van der Waals surface area contributed by atoms with Crippen molar-refractivity contribution in [2.75, 3.05) is 58.2 Å². The van der Waals surface area contributed by atoms with Crippen LogP contribution in [-0.4, -0.2) is 90.4 Å². The van der Waals surface area contributed by atoms with E-state index >= 15 is 0 Å². The second-order valence-electron chi connectivity index (χ2n) is 11.5. The molecule has 2 aliphatic heterocycles. The van der Waals surface area contributed by atoms with Gasteiger partial charge in [0.25, 0.3) is 5.91 Å². The predicted octanol–water partition coefficient (Wildman–Crippen LogP) is 2.27. The van der Waals surface area contributed by atoms with Crippen LogP contribution in [0.5, 0.6) is 0 Å².